The van der Waals surface area contributed by atoms with Crippen molar-refractivity contribution in [1.29, 1.82) is 0 Å². The molecule has 0 bridgehead atoms. The van der Waals surface area contributed by atoms with E-state index in [4.69, 9.17) is 15.2 Å². The average molecular weight is 296 g/mol. The third-order valence-electron chi connectivity index (χ3n) is 2.59. The number of hydrogen-bond donors (Lipinski definition) is 2. The quantitative estimate of drug-likeness (QED) is 0.564. The highest BCUT2D eigenvalue weighted by molar-refractivity contribution is 5.93. The number of esters is 1. The molecule has 7 heteroatoms. The third-order valence-corrected chi connectivity index (χ3v) is 2.59. The van der Waals surface area contributed by atoms with E-state index in [-0.39, 0.29) is 29.9 Å². The van der Waals surface area contributed by atoms with Crippen molar-refractivity contribution < 1.29 is 23.8 Å². The maximum atomic E-state index is 11.7. The zero-order valence-electron chi connectivity index (χ0n) is 12.3. The van der Waals surface area contributed by atoms with Gasteiger partial charge in [-0.3, -0.25) is 4.79 Å². The zero-order chi connectivity index (χ0) is 15.8. The topological polar surface area (TPSA) is 99.9 Å². The maximum Gasteiger partial charge on any atom is 0.341 e. The van der Waals surface area contributed by atoms with Gasteiger partial charge in [-0.15, -0.1) is 0 Å². The number of nitrogen functional groups attached to an aromatic ring is 1. The van der Waals surface area contributed by atoms with Crippen molar-refractivity contribution in [2.45, 2.75) is 13.0 Å². The van der Waals surface area contributed by atoms with Gasteiger partial charge in [0.15, 0.2) is 6.61 Å². The summed E-state index contributed by atoms with van der Waals surface area (Å²) in [6.07, 6.45) is 0. The van der Waals surface area contributed by atoms with E-state index in [0.29, 0.717) is 12.3 Å². The van der Waals surface area contributed by atoms with Crippen molar-refractivity contribution >= 4 is 17.6 Å². The van der Waals surface area contributed by atoms with Gasteiger partial charge in [0.2, 0.25) is 0 Å². The summed E-state index contributed by atoms with van der Waals surface area (Å²) in [5, 5.41) is 2.70. The Kier molecular flexibility index (Phi) is 6.48. The molecule has 1 rings (SSSR count). The van der Waals surface area contributed by atoms with E-state index in [2.05, 4.69) is 10.1 Å². The molecule has 0 radical (unpaired) electrons. The lowest BCUT2D eigenvalue weighted by molar-refractivity contribution is -0.124. The minimum absolute atomic E-state index is 0.127. The first kappa shape index (κ1) is 16.8. The van der Waals surface area contributed by atoms with Crippen molar-refractivity contribution in [3.63, 3.8) is 0 Å². The molecule has 116 valence electrons. The van der Waals surface area contributed by atoms with Crippen molar-refractivity contribution in [2.24, 2.45) is 0 Å². The van der Waals surface area contributed by atoms with Crippen LogP contribution in [-0.2, 0) is 14.3 Å². The van der Waals surface area contributed by atoms with Gasteiger partial charge >= 0.3 is 5.97 Å². The van der Waals surface area contributed by atoms with Gasteiger partial charge < -0.3 is 25.3 Å². The molecule has 0 aliphatic carbocycles. The number of anilines is 1. The Morgan fingerprint density at radius 1 is 1.33 bits per heavy atom. The molecule has 0 aliphatic heterocycles. The summed E-state index contributed by atoms with van der Waals surface area (Å²) >= 11 is 0. The molecule has 0 aliphatic rings. The van der Waals surface area contributed by atoms with Crippen LogP contribution in [0.15, 0.2) is 18.2 Å². The summed E-state index contributed by atoms with van der Waals surface area (Å²) in [5.41, 5.74) is 6.20. The first-order valence-electron chi connectivity index (χ1n) is 6.36. The van der Waals surface area contributed by atoms with Crippen LogP contribution < -0.4 is 15.8 Å². The number of rotatable bonds is 7. The van der Waals surface area contributed by atoms with E-state index in [1.54, 1.807) is 13.2 Å². The number of nitrogens with one attached hydrogen (secondary N) is 1. The van der Waals surface area contributed by atoms with E-state index >= 15 is 0 Å². The van der Waals surface area contributed by atoms with Crippen molar-refractivity contribution in [2.75, 3.05) is 33.2 Å². The van der Waals surface area contributed by atoms with E-state index in [9.17, 15) is 9.59 Å². The summed E-state index contributed by atoms with van der Waals surface area (Å²) in [5.74, 6) is -0.650. The van der Waals surface area contributed by atoms with Crippen LogP contribution >= 0.6 is 0 Å². The van der Waals surface area contributed by atoms with Crippen LogP contribution in [0, 0.1) is 0 Å². The lowest BCUT2D eigenvalue weighted by atomic mass is 10.2. The fourth-order valence-corrected chi connectivity index (χ4v) is 1.69. The Morgan fingerprint density at radius 3 is 2.67 bits per heavy atom. The normalized spacial score (nSPS) is 11.6. The van der Waals surface area contributed by atoms with Crippen LogP contribution in [0.2, 0.25) is 0 Å². The van der Waals surface area contributed by atoms with Crippen LogP contribution in [-0.4, -0.2) is 45.4 Å². The van der Waals surface area contributed by atoms with Gasteiger partial charge in [0.25, 0.3) is 5.91 Å². The predicted molar refractivity (Wildman–Crippen MR) is 77.2 cm³/mol. The predicted octanol–water partition coefficient (Wildman–Crippen LogP) is 0.585. The van der Waals surface area contributed by atoms with Crippen molar-refractivity contribution in [3.05, 3.63) is 23.8 Å². The van der Waals surface area contributed by atoms with Gasteiger partial charge in [0.1, 0.15) is 11.3 Å². The highest BCUT2D eigenvalue weighted by Gasteiger charge is 2.15. The summed E-state index contributed by atoms with van der Waals surface area (Å²) in [6.45, 7) is 1.99. The Hall–Kier alpha value is -2.28. The van der Waals surface area contributed by atoms with E-state index in [1.807, 2.05) is 6.92 Å². The van der Waals surface area contributed by atoms with Gasteiger partial charge in [-0.2, -0.15) is 0 Å². The molecular weight excluding hydrogens is 276 g/mol. The summed E-state index contributed by atoms with van der Waals surface area (Å²) in [4.78, 5) is 23.3. The number of methoxy groups -OCH3 is 2. The van der Waals surface area contributed by atoms with Crippen molar-refractivity contribution in [1.82, 2.24) is 5.32 Å². The zero-order valence-corrected chi connectivity index (χ0v) is 12.3. The van der Waals surface area contributed by atoms with Gasteiger partial charge in [-0.05, 0) is 25.1 Å². The molecule has 1 unspecified atom stereocenters. The average Bonchev–Trinajstić information content (AvgIpc) is 2.45. The molecule has 1 aromatic carbocycles. The smallest absolute Gasteiger partial charge is 0.341 e. The molecule has 3 N–H and O–H groups in total. The minimum atomic E-state index is -0.578. The van der Waals surface area contributed by atoms with Gasteiger partial charge in [0, 0.05) is 18.8 Å². The fraction of sp³-hybridized carbons (Fsp3) is 0.429. The number of carbonyl (C=O) groups excluding carboxylic acids is 2. The molecular formula is C14H20N2O5. The number of carbonyl (C=O) groups is 2. The fourth-order valence-electron chi connectivity index (χ4n) is 1.69. The second-order valence-electron chi connectivity index (χ2n) is 4.46. The summed E-state index contributed by atoms with van der Waals surface area (Å²) < 4.78 is 14.9. The van der Waals surface area contributed by atoms with Crippen LogP contribution in [0.1, 0.15) is 17.3 Å². The van der Waals surface area contributed by atoms with Crippen LogP contribution in [0.5, 0.6) is 5.75 Å². The number of benzene rings is 1. The second-order valence-corrected chi connectivity index (χ2v) is 4.46. The summed E-state index contributed by atoms with van der Waals surface area (Å²) in [7, 11) is 2.81. The Bertz CT molecular complexity index is 504. The first-order chi connectivity index (χ1) is 9.97. The Morgan fingerprint density at radius 2 is 2.05 bits per heavy atom. The minimum Gasteiger partial charge on any atom is -0.483 e. The standard InChI is InChI=1S/C14H20N2O5/c1-9(7-19-2)16-13(17)8-21-12-5-4-10(15)6-11(12)14(18)20-3/h4-6,9H,7-8,15H2,1-3H3,(H,16,17). The van der Waals surface area contributed by atoms with E-state index < -0.39 is 5.97 Å². The van der Waals surface area contributed by atoms with Crippen LogP contribution in [0.4, 0.5) is 5.69 Å². The maximum absolute atomic E-state index is 11.7. The number of hydrogen-bond acceptors (Lipinski definition) is 6. The van der Waals surface area contributed by atoms with E-state index in [1.165, 1.54) is 19.2 Å². The molecule has 1 atom stereocenters. The SMILES string of the molecule is COCC(C)NC(=O)COc1ccc(N)cc1C(=O)OC. The molecule has 1 amide bonds. The molecule has 0 fully saturated rings. The molecule has 1 aromatic rings. The molecule has 21 heavy (non-hydrogen) atoms. The van der Waals surface area contributed by atoms with Gasteiger partial charge in [0.05, 0.1) is 13.7 Å². The molecule has 7 nitrogen and oxygen atoms in total. The lowest BCUT2D eigenvalue weighted by Gasteiger charge is -2.14. The van der Waals surface area contributed by atoms with Crippen LogP contribution in [0.3, 0.4) is 0 Å². The van der Waals surface area contributed by atoms with Crippen LogP contribution in [0.25, 0.3) is 0 Å². The summed E-state index contributed by atoms with van der Waals surface area (Å²) in [6, 6.07) is 4.41. The number of nitrogens with two attached hydrogens (primary N) is 1. The monoisotopic (exact) mass is 296 g/mol. The highest BCUT2D eigenvalue weighted by Crippen LogP contribution is 2.22. The number of ether oxygens (including phenoxy) is 3. The molecule has 0 heterocycles. The van der Waals surface area contributed by atoms with Gasteiger partial charge in [-0.25, -0.2) is 4.79 Å². The Balaban J connectivity index is 2.67. The Labute approximate surface area is 123 Å². The molecule has 0 aromatic heterocycles. The molecule has 0 spiro atoms. The third kappa shape index (κ3) is 5.31. The first-order valence-corrected chi connectivity index (χ1v) is 6.36. The largest absolute Gasteiger partial charge is 0.483 e. The molecule has 0 saturated heterocycles. The number of amides is 1. The lowest BCUT2D eigenvalue weighted by Crippen LogP contribution is -2.38. The van der Waals surface area contributed by atoms with Crippen molar-refractivity contribution in [3.8, 4) is 5.75 Å². The van der Waals surface area contributed by atoms with E-state index in [0.717, 1.165) is 0 Å². The second kappa shape index (κ2) is 8.11. The van der Waals surface area contributed by atoms with Gasteiger partial charge in [-0.1, -0.05) is 0 Å². The highest BCUT2D eigenvalue weighted by atomic mass is 16.5. The molecule has 0 saturated carbocycles.